The molecular weight excluding hydrogens is 370 g/mol. The Labute approximate surface area is 173 Å². The molecule has 0 aliphatic rings. The van der Waals surface area contributed by atoms with Gasteiger partial charge in [-0.2, -0.15) is 0 Å². The molecule has 0 saturated heterocycles. The Balaban J connectivity index is 2.32. The van der Waals surface area contributed by atoms with Crippen LogP contribution in [0.5, 0.6) is 0 Å². The normalized spacial score (nSPS) is 11.8. The number of rotatable bonds is 8. The molecule has 0 aromatic heterocycles. The Morgan fingerprint density at radius 3 is 2.14 bits per heavy atom. The maximum absolute atomic E-state index is 11.8. The Morgan fingerprint density at radius 1 is 1.00 bits per heavy atom. The van der Waals surface area contributed by atoms with Crippen molar-refractivity contribution in [3.8, 4) is 0 Å². The average Bonchev–Trinajstić information content (AvgIpc) is 2.63. The monoisotopic (exact) mass is 405 g/mol. The summed E-state index contributed by atoms with van der Waals surface area (Å²) in [7, 11) is 1.71. The summed E-state index contributed by atoms with van der Waals surface area (Å²) in [5, 5.41) is 12.0. The number of nitrogens with one attached hydrogen (secondary N) is 4. The summed E-state index contributed by atoms with van der Waals surface area (Å²) in [6, 6.07) is 7.63. The van der Waals surface area contributed by atoms with Gasteiger partial charge in [0.25, 0.3) is 0 Å². The molecule has 162 valence electrons. The second kappa shape index (κ2) is 11.9. The van der Waals surface area contributed by atoms with E-state index in [-0.39, 0.29) is 11.8 Å². The van der Waals surface area contributed by atoms with Crippen molar-refractivity contribution in [3.63, 3.8) is 0 Å². The second-order valence-corrected chi connectivity index (χ2v) is 7.95. The molecule has 0 fully saturated rings. The first-order chi connectivity index (χ1) is 13.6. The number of hydrogen-bond donors (Lipinski definition) is 4. The summed E-state index contributed by atoms with van der Waals surface area (Å²) in [6.45, 7) is 11.1. The van der Waals surface area contributed by atoms with Crippen molar-refractivity contribution < 1.29 is 14.3 Å². The van der Waals surface area contributed by atoms with Crippen molar-refractivity contribution in [1.29, 1.82) is 0 Å². The van der Waals surface area contributed by atoms with Crippen LogP contribution in [0.25, 0.3) is 0 Å². The molecule has 2 amide bonds. The Hall–Kier alpha value is -2.77. The zero-order valence-corrected chi connectivity index (χ0v) is 18.4. The number of guanidine groups is 1. The molecule has 0 unspecified atom stereocenters. The maximum Gasteiger partial charge on any atom is 0.412 e. The topological polar surface area (TPSA) is 104 Å². The third-order valence-electron chi connectivity index (χ3n) is 3.77. The summed E-state index contributed by atoms with van der Waals surface area (Å²) in [5.41, 5.74) is 1.30. The third kappa shape index (κ3) is 11.0. The molecule has 0 radical (unpaired) electrons. The number of anilines is 1. The number of hydrogen-bond acceptors (Lipinski definition) is 4. The van der Waals surface area contributed by atoms with E-state index in [4.69, 9.17) is 4.74 Å². The third-order valence-corrected chi connectivity index (χ3v) is 3.77. The highest BCUT2D eigenvalue weighted by Gasteiger charge is 2.16. The minimum Gasteiger partial charge on any atom is -0.444 e. The van der Waals surface area contributed by atoms with E-state index in [1.807, 2.05) is 58.9 Å². The van der Waals surface area contributed by atoms with Crippen molar-refractivity contribution >= 4 is 23.6 Å². The van der Waals surface area contributed by atoms with Gasteiger partial charge in [-0.25, -0.2) is 4.79 Å². The van der Waals surface area contributed by atoms with Crippen molar-refractivity contribution in [2.75, 3.05) is 32.0 Å². The minimum atomic E-state index is -0.526. The fraction of sp³-hybridized carbons (Fsp3) is 0.571. The van der Waals surface area contributed by atoms with Crippen molar-refractivity contribution in [2.45, 2.75) is 46.6 Å². The first-order valence-electron chi connectivity index (χ1n) is 9.92. The lowest BCUT2D eigenvalue weighted by Crippen LogP contribution is -2.42. The van der Waals surface area contributed by atoms with E-state index in [1.165, 1.54) is 0 Å². The van der Waals surface area contributed by atoms with Gasteiger partial charge in [0.2, 0.25) is 5.91 Å². The van der Waals surface area contributed by atoms with Gasteiger partial charge in [-0.3, -0.25) is 15.1 Å². The zero-order chi connectivity index (χ0) is 21.9. The minimum absolute atomic E-state index is 0.0156. The predicted molar refractivity (Wildman–Crippen MR) is 117 cm³/mol. The molecule has 0 aliphatic heterocycles. The fourth-order valence-electron chi connectivity index (χ4n) is 2.29. The van der Waals surface area contributed by atoms with E-state index >= 15 is 0 Å². The number of aliphatic imine (C=N–C) groups is 1. The lowest BCUT2D eigenvalue weighted by molar-refractivity contribution is -0.123. The van der Waals surface area contributed by atoms with Gasteiger partial charge >= 0.3 is 6.09 Å². The van der Waals surface area contributed by atoms with Crippen LogP contribution in [0.3, 0.4) is 0 Å². The molecule has 8 heteroatoms. The first-order valence-corrected chi connectivity index (χ1v) is 9.92. The van der Waals surface area contributed by atoms with Gasteiger partial charge in [-0.05, 0) is 44.9 Å². The van der Waals surface area contributed by atoms with Crippen LogP contribution in [0, 0.1) is 5.92 Å². The van der Waals surface area contributed by atoms with Gasteiger partial charge in [-0.1, -0.05) is 26.0 Å². The number of carbonyl (C=O) groups excluding carboxylic acids is 2. The molecular formula is C21H35N5O3. The Morgan fingerprint density at radius 2 is 1.59 bits per heavy atom. The molecule has 0 atom stereocenters. The van der Waals surface area contributed by atoms with Crippen molar-refractivity contribution in [3.05, 3.63) is 29.8 Å². The highest BCUT2D eigenvalue weighted by molar-refractivity contribution is 5.84. The van der Waals surface area contributed by atoms with Gasteiger partial charge in [0.15, 0.2) is 5.96 Å². The van der Waals surface area contributed by atoms with E-state index in [1.54, 1.807) is 7.05 Å². The van der Waals surface area contributed by atoms with Gasteiger partial charge in [0, 0.05) is 38.3 Å². The lowest BCUT2D eigenvalue weighted by atomic mass is 10.1. The van der Waals surface area contributed by atoms with Crippen LogP contribution in [0.2, 0.25) is 0 Å². The summed E-state index contributed by atoms with van der Waals surface area (Å²) in [5.74, 6) is 0.713. The first kappa shape index (κ1) is 24.3. The van der Waals surface area contributed by atoms with Crippen LogP contribution in [-0.2, 0) is 16.0 Å². The van der Waals surface area contributed by atoms with E-state index in [0.29, 0.717) is 31.3 Å². The van der Waals surface area contributed by atoms with Crippen LogP contribution in [0.4, 0.5) is 10.5 Å². The maximum atomic E-state index is 11.8. The summed E-state index contributed by atoms with van der Waals surface area (Å²) in [4.78, 5) is 27.5. The second-order valence-electron chi connectivity index (χ2n) is 7.95. The lowest BCUT2D eigenvalue weighted by Gasteiger charge is -2.19. The molecule has 1 aromatic rings. The van der Waals surface area contributed by atoms with Crippen LogP contribution >= 0.6 is 0 Å². The average molecular weight is 406 g/mol. The Bertz CT molecular complexity index is 679. The van der Waals surface area contributed by atoms with Crippen LogP contribution in [0.15, 0.2) is 29.3 Å². The fourth-order valence-corrected chi connectivity index (χ4v) is 2.29. The molecule has 29 heavy (non-hydrogen) atoms. The van der Waals surface area contributed by atoms with Crippen molar-refractivity contribution in [1.82, 2.24) is 16.0 Å². The van der Waals surface area contributed by atoms with Gasteiger partial charge in [0.1, 0.15) is 5.60 Å². The van der Waals surface area contributed by atoms with Crippen LogP contribution in [0.1, 0.15) is 40.2 Å². The van der Waals surface area contributed by atoms with E-state index in [2.05, 4.69) is 26.3 Å². The standard InChI is InChI=1S/C21H35N5O3/c1-15(2)18(27)23-13-14-25-19(22-6)24-12-11-16-7-9-17(10-8-16)26-20(28)29-21(3,4)5/h7-10,15H,11-14H2,1-6H3,(H,23,27)(H,26,28)(H2,22,24,25). The highest BCUT2D eigenvalue weighted by atomic mass is 16.6. The quantitative estimate of drug-likeness (QED) is 0.302. The van der Waals surface area contributed by atoms with Crippen LogP contribution < -0.4 is 21.3 Å². The molecule has 1 rings (SSSR count). The van der Waals surface area contributed by atoms with Gasteiger partial charge in [0.05, 0.1) is 0 Å². The molecule has 0 spiro atoms. The molecule has 0 bridgehead atoms. The smallest absolute Gasteiger partial charge is 0.412 e. The number of benzene rings is 1. The van der Waals surface area contributed by atoms with Gasteiger partial charge < -0.3 is 20.7 Å². The van der Waals surface area contributed by atoms with E-state index in [0.717, 1.165) is 12.0 Å². The summed E-state index contributed by atoms with van der Waals surface area (Å²) >= 11 is 0. The Kier molecular flexibility index (Phi) is 9.99. The van der Waals surface area contributed by atoms with Crippen LogP contribution in [-0.4, -0.2) is 50.2 Å². The summed E-state index contributed by atoms with van der Waals surface area (Å²) in [6.07, 6.45) is 0.337. The highest BCUT2D eigenvalue weighted by Crippen LogP contribution is 2.13. The number of ether oxygens (including phenoxy) is 1. The molecule has 0 heterocycles. The van der Waals surface area contributed by atoms with Gasteiger partial charge in [-0.15, -0.1) is 0 Å². The largest absolute Gasteiger partial charge is 0.444 e. The van der Waals surface area contributed by atoms with Crippen molar-refractivity contribution in [2.24, 2.45) is 10.9 Å². The summed E-state index contributed by atoms with van der Waals surface area (Å²) < 4.78 is 5.24. The van der Waals surface area contributed by atoms with E-state index < -0.39 is 11.7 Å². The molecule has 8 nitrogen and oxygen atoms in total. The molecule has 1 aromatic carbocycles. The number of nitrogens with zero attached hydrogens (tertiary/aromatic N) is 1. The molecule has 0 saturated carbocycles. The molecule has 0 aliphatic carbocycles. The SMILES string of the molecule is CN=C(NCCNC(=O)C(C)C)NCCc1ccc(NC(=O)OC(C)(C)C)cc1. The zero-order valence-electron chi connectivity index (χ0n) is 18.4. The number of amides is 2. The predicted octanol–water partition coefficient (Wildman–Crippen LogP) is 2.51. The van der Waals surface area contributed by atoms with E-state index in [9.17, 15) is 9.59 Å². The number of carbonyl (C=O) groups is 2. The molecule has 4 N–H and O–H groups in total.